The molecule has 0 radical (unpaired) electrons. The molecule has 2 aromatic carbocycles. The summed E-state index contributed by atoms with van der Waals surface area (Å²) in [6.07, 6.45) is 2.16. The molecule has 0 nitrogen and oxygen atoms in total. The van der Waals surface area contributed by atoms with Crippen molar-refractivity contribution in [3.63, 3.8) is 0 Å². The number of rotatable bonds is 0. The van der Waals surface area contributed by atoms with E-state index in [-0.39, 0.29) is 0 Å². The second kappa shape index (κ2) is 4.81. The van der Waals surface area contributed by atoms with Crippen LogP contribution in [0.4, 0.5) is 0 Å². The molecule has 0 bridgehead atoms. The molecule has 0 heterocycles. The molecule has 1 aliphatic carbocycles. The Hall–Kier alpha value is -1.82. The monoisotopic (exact) mass is 236 g/mol. The molecule has 18 heavy (non-hydrogen) atoms. The highest BCUT2D eigenvalue weighted by Crippen LogP contribution is 2.45. The summed E-state index contributed by atoms with van der Waals surface area (Å²) >= 11 is 0. The molecule has 92 valence electrons. The van der Waals surface area contributed by atoms with Crippen molar-refractivity contribution in [1.29, 1.82) is 0 Å². The zero-order chi connectivity index (χ0) is 13.3. The molecular weight excluding hydrogens is 216 g/mol. The summed E-state index contributed by atoms with van der Waals surface area (Å²) in [4.78, 5) is 0. The van der Waals surface area contributed by atoms with Gasteiger partial charge in [-0.15, -0.1) is 0 Å². The third-order valence-corrected chi connectivity index (χ3v) is 3.49. The van der Waals surface area contributed by atoms with Gasteiger partial charge in [-0.2, -0.15) is 0 Å². The maximum absolute atomic E-state index is 4.21. The fraction of sp³-hybridized carbons (Fsp3) is 0.222. The van der Waals surface area contributed by atoms with Crippen molar-refractivity contribution >= 4 is 21.9 Å². The Labute approximate surface area is 110 Å². The minimum absolute atomic E-state index is 1.16. The van der Waals surface area contributed by atoms with E-state index in [9.17, 15) is 0 Å². The Kier molecular flexibility index (Phi) is 3.38. The van der Waals surface area contributed by atoms with Gasteiger partial charge in [-0.3, -0.25) is 0 Å². The molecule has 0 spiro atoms. The number of hydrogen-bond donors (Lipinski definition) is 0. The molecule has 0 N–H and O–H groups in total. The van der Waals surface area contributed by atoms with Gasteiger partial charge in [0.15, 0.2) is 0 Å². The molecule has 0 aliphatic heterocycles. The lowest BCUT2D eigenvalue weighted by Crippen LogP contribution is -1.81. The van der Waals surface area contributed by atoms with Crippen molar-refractivity contribution in [2.24, 2.45) is 0 Å². The number of hydrogen-bond acceptors (Lipinski definition) is 0. The summed E-state index contributed by atoms with van der Waals surface area (Å²) in [7, 11) is 0. The zero-order valence-electron chi connectivity index (χ0n) is 11.7. The predicted octanol–water partition coefficient (Wildman–Crippen LogP) is 5.60. The van der Waals surface area contributed by atoms with Crippen LogP contribution >= 0.6 is 0 Å². The Bertz CT molecular complexity index is 642. The molecule has 0 heteroatoms. The SMILES string of the molecule is C=C1/C(=C\C)c2ccc(C)c3cccc1c23.CC. The summed E-state index contributed by atoms with van der Waals surface area (Å²) < 4.78 is 0. The van der Waals surface area contributed by atoms with Crippen LogP contribution in [0.5, 0.6) is 0 Å². The molecule has 1 aliphatic rings. The molecule has 0 aromatic heterocycles. The van der Waals surface area contributed by atoms with E-state index in [0.717, 1.165) is 5.57 Å². The molecule has 2 aromatic rings. The van der Waals surface area contributed by atoms with Gasteiger partial charge in [-0.05, 0) is 52.5 Å². The molecule has 0 fully saturated rings. The van der Waals surface area contributed by atoms with E-state index in [1.54, 1.807) is 0 Å². The first kappa shape index (κ1) is 12.6. The second-order valence-electron chi connectivity index (χ2n) is 4.34. The number of aryl methyl sites for hydroxylation is 1. The van der Waals surface area contributed by atoms with Crippen molar-refractivity contribution in [2.75, 3.05) is 0 Å². The van der Waals surface area contributed by atoms with Gasteiger partial charge in [-0.1, -0.05) is 56.8 Å². The highest BCUT2D eigenvalue weighted by atomic mass is 14.2. The van der Waals surface area contributed by atoms with Gasteiger partial charge in [0.25, 0.3) is 0 Å². The smallest absolute Gasteiger partial charge is 0.00241 e. The summed E-state index contributed by atoms with van der Waals surface area (Å²) in [5, 5.41) is 2.73. The first-order valence-electron chi connectivity index (χ1n) is 6.62. The predicted molar refractivity (Wildman–Crippen MR) is 82.7 cm³/mol. The van der Waals surface area contributed by atoms with Crippen LogP contribution < -0.4 is 0 Å². The molecule has 3 rings (SSSR count). The fourth-order valence-corrected chi connectivity index (χ4v) is 2.67. The highest BCUT2D eigenvalue weighted by molar-refractivity contribution is 6.21. The van der Waals surface area contributed by atoms with E-state index in [1.165, 1.54) is 33.0 Å². The maximum atomic E-state index is 4.21. The van der Waals surface area contributed by atoms with E-state index in [2.05, 4.69) is 56.8 Å². The summed E-state index contributed by atoms with van der Waals surface area (Å²) in [6, 6.07) is 10.9. The Morgan fingerprint density at radius 2 is 1.72 bits per heavy atom. The molecular formula is C18H20. The van der Waals surface area contributed by atoms with Crippen LogP contribution in [0.1, 0.15) is 37.5 Å². The van der Waals surface area contributed by atoms with Crippen molar-refractivity contribution < 1.29 is 0 Å². The Morgan fingerprint density at radius 3 is 2.39 bits per heavy atom. The lowest BCUT2D eigenvalue weighted by atomic mass is 10.0. The van der Waals surface area contributed by atoms with Gasteiger partial charge >= 0.3 is 0 Å². The lowest BCUT2D eigenvalue weighted by molar-refractivity contribution is 1.50. The Morgan fingerprint density at radius 1 is 1.00 bits per heavy atom. The summed E-state index contributed by atoms with van der Waals surface area (Å²) in [5.74, 6) is 0. The minimum atomic E-state index is 1.16. The van der Waals surface area contributed by atoms with Crippen molar-refractivity contribution in [1.82, 2.24) is 0 Å². The third kappa shape index (κ3) is 1.60. The second-order valence-corrected chi connectivity index (χ2v) is 4.34. The third-order valence-electron chi connectivity index (χ3n) is 3.49. The van der Waals surface area contributed by atoms with E-state index in [4.69, 9.17) is 0 Å². The molecule has 0 atom stereocenters. The molecule has 0 saturated carbocycles. The maximum Gasteiger partial charge on any atom is -0.00241 e. The van der Waals surface area contributed by atoms with Gasteiger partial charge in [0, 0.05) is 0 Å². The fourth-order valence-electron chi connectivity index (χ4n) is 2.67. The topological polar surface area (TPSA) is 0 Å². The van der Waals surface area contributed by atoms with Gasteiger partial charge in [0.1, 0.15) is 0 Å². The van der Waals surface area contributed by atoms with Crippen LogP contribution in [0.2, 0.25) is 0 Å². The van der Waals surface area contributed by atoms with Crippen LogP contribution in [-0.4, -0.2) is 0 Å². The molecule has 0 unspecified atom stereocenters. The van der Waals surface area contributed by atoms with Gasteiger partial charge < -0.3 is 0 Å². The average Bonchev–Trinajstić information content (AvgIpc) is 2.70. The van der Waals surface area contributed by atoms with Crippen LogP contribution in [0.3, 0.4) is 0 Å². The van der Waals surface area contributed by atoms with E-state index in [0.29, 0.717) is 0 Å². The van der Waals surface area contributed by atoms with Crippen molar-refractivity contribution in [2.45, 2.75) is 27.7 Å². The standard InChI is InChI=1S/C16H14.C2H6/c1-4-12-11(3)14-7-5-6-13-10(2)8-9-15(12)16(13)14;1-2/h4-9H,3H2,1-2H3;1-2H3/b12-4+;. The quantitative estimate of drug-likeness (QED) is 0.558. The van der Waals surface area contributed by atoms with Crippen LogP contribution in [0.15, 0.2) is 43.0 Å². The summed E-state index contributed by atoms with van der Waals surface area (Å²) in [6.45, 7) is 12.5. The lowest BCUT2D eigenvalue weighted by Gasteiger charge is -2.04. The highest BCUT2D eigenvalue weighted by Gasteiger charge is 2.21. The van der Waals surface area contributed by atoms with Gasteiger partial charge in [0.2, 0.25) is 0 Å². The van der Waals surface area contributed by atoms with Crippen molar-refractivity contribution in [3.8, 4) is 0 Å². The summed E-state index contributed by atoms with van der Waals surface area (Å²) in [5.41, 5.74) is 6.42. The van der Waals surface area contributed by atoms with Crippen LogP contribution in [-0.2, 0) is 0 Å². The van der Waals surface area contributed by atoms with E-state index < -0.39 is 0 Å². The minimum Gasteiger partial charge on any atom is -0.0905 e. The number of benzene rings is 2. The van der Waals surface area contributed by atoms with Crippen molar-refractivity contribution in [3.05, 3.63) is 59.7 Å². The Balaban J connectivity index is 0.000000574. The first-order chi connectivity index (χ1) is 8.74. The van der Waals surface area contributed by atoms with Crippen LogP contribution in [0.25, 0.3) is 21.9 Å². The number of allylic oxidation sites excluding steroid dienone is 3. The average molecular weight is 236 g/mol. The molecule has 0 amide bonds. The van der Waals surface area contributed by atoms with E-state index >= 15 is 0 Å². The van der Waals surface area contributed by atoms with Gasteiger partial charge in [0.05, 0.1) is 0 Å². The van der Waals surface area contributed by atoms with E-state index in [1.807, 2.05) is 13.8 Å². The normalized spacial score (nSPS) is 14.9. The van der Waals surface area contributed by atoms with Gasteiger partial charge in [-0.25, -0.2) is 0 Å². The molecule has 0 saturated heterocycles. The largest absolute Gasteiger partial charge is 0.0905 e. The first-order valence-corrected chi connectivity index (χ1v) is 6.62. The zero-order valence-corrected chi connectivity index (χ0v) is 11.7. The van der Waals surface area contributed by atoms with Crippen LogP contribution in [0, 0.1) is 6.92 Å².